The summed E-state index contributed by atoms with van der Waals surface area (Å²) in [5.74, 6) is -0.606. The van der Waals surface area contributed by atoms with Crippen LogP contribution in [0.4, 0.5) is 0 Å². The van der Waals surface area contributed by atoms with Crippen LogP contribution >= 0.6 is 11.6 Å². The Morgan fingerprint density at radius 3 is 2.50 bits per heavy atom. The van der Waals surface area contributed by atoms with Gasteiger partial charge in [0.15, 0.2) is 0 Å². The number of carbonyl (C=O) groups is 1. The van der Waals surface area contributed by atoms with E-state index in [-0.39, 0.29) is 10.7 Å². The van der Waals surface area contributed by atoms with Crippen molar-refractivity contribution in [2.45, 2.75) is 13.8 Å². The first-order chi connectivity index (χ1) is 5.72. The summed E-state index contributed by atoms with van der Waals surface area (Å²) in [5, 5.41) is 0.287. The second-order valence-electron chi connectivity index (χ2n) is 1.70. The number of hydrogen-bond donors (Lipinski definition) is 1. The van der Waals surface area contributed by atoms with Crippen LogP contribution in [0, 0.1) is 0 Å². The van der Waals surface area contributed by atoms with Crippen LogP contribution in [-0.2, 0) is 0 Å². The van der Waals surface area contributed by atoms with E-state index in [9.17, 15) is 4.79 Å². The van der Waals surface area contributed by atoms with Crippen molar-refractivity contribution in [2.24, 2.45) is 5.73 Å². The quantitative estimate of drug-likeness (QED) is 0.728. The van der Waals surface area contributed by atoms with E-state index in [1.54, 1.807) is 12.1 Å². The van der Waals surface area contributed by atoms with Crippen molar-refractivity contribution < 1.29 is 4.79 Å². The fraction of sp³-hybridized carbons (Fsp3) is 0.250. The molecule has 0 unspecified atom stereocenters. The number of pyridine rings is 1. The Hall–Kier alpha value is -1.09. The highest BCUT2D eigenvalue weighted by atomic mass is 35.5. The number of carbonyl (C=O) groups excluding carboxylic acids is 1. The molecular formula is C8H11ClN2O. The zero-order valence-corrected chi connectivity index (χ0v) is 7.80. The number of amides is 1. The van der Waals surface area contributed by atoms with Crippen molar-refractivity contribution in [2.75, 3.05) is 0 Å². The Bertz CT molecular complexity index is 263. The summed E-state index contributed by atoms with van der Waals surface area (Å²) in [7, 11) is 0. The van der Waals surface area contributed by atoms with Crippen molar-refractivity contribution in [3.8, 4) is 0 Å². The van der Waals surface area contributed by atoms with Crippen molar-refractivity contribution in [1.82, 2.24) is 4.98 Å². The fourth-order valence-electron chi connectivity index (χ4n) is 0.567. The van der Waals surface area contributed by atoms with Gasteiger partial charge in [0.05, 0.1) is 5.02 Å². The van der Waals surface area contributed by atoms with E-state index >= 15 is 0 Å². The second kappa shape index (κ2) is 5.55. The summed E-state index contributed by atoms with van der Waals surface area (Å²) < 4.78 is 0. The molecule has 0 radical (unpaired) electrons. The molecule has 1 amide bonds. The van der Waals surface area contributed by atoms with Crippen LogP contribution in [0.5, 0.6) is 0 Å². The van der Waals surface area contributed by atoms with Crippen LogP contribution in [-0.4, -0.2) is 10.9 Å². The fourth-order valence-corrected chi connectivity index (χ4v) is 0.782. The Morgan fingerprint density at radius 2 is 2.17 bits per heavy atom. The average Bonchev–Trinajstić information content (AvgIpc) is 2.08. The third kappa shape index (κ3) is 2.88. The predicted molar refractivity (Wildman–Crippen MR) is 49.1 cm³/mol. The molecule has 2 N–H and O–H groups in total. The number of nitrogens with zero attached hydrogens (tertiary/aromatic N) is 1. The van der Waals surface area contributed by atoms with Crippen molar-refractivity contribution in [1.29, 1.82) is 0 Å². The maximum absolute atomic E-state index is 10.5. The Labute approximate surface area is 76.6 Å². The summed E-state index contributed by atoms with van der Waals surface area (Å²) in [6.07, 6.45) is 1.46. The molecule has 0 spiro atoms. The molecule has 1 rings (SSSR count). The molecular weight excluding hydrogens is 176 g/mol. The van der Waals surface area contributed by atoms with Gasteiger partial charge in [-0.3, -0.25) is 4.79 Å². The van der Waals surface area contributed by atoms with Crippen molar-refractivity contribution >= 4 is 17.5 Å². The third-order valence-corrected chi connectivity index (χ3v) is 1.30. The van der Waals surface area contributed by atoms with Crippen molar-refractivity contribution in [3.05, 3.63) is 29.0 Å². The van der Waals surface area contributed by atoms with E-state index in [0.717, 1.165) is 0 Å². The molecule has 66 valence electrons. The van der Waals surface area contributed by atoms with E-state index in [2.05, 4.69) is 4.98 Å². The lowest BCUT2D eigenvalue weighted by molar-refractivity contribution is 0.0996. The second-order valence-corrected chi connectivity index (χ2v) is 2.11. The molecule has 0 atom stereocenters. The lowest BCUT2D eigenvalue weighted by atomic mass is 10.3. The molecule has 0 saturated heterocycles. The average molecular weight is 187 g/mol. The minimum atomic E-state index is -0.606. The molecule has 0 aliphatic carbocycles. The zero-order chi connectivity index (χ0) is 9.56. The highest BCUT2D eigenvalue weighted by molar-refractivity contribution is 6.33. The number of nitrogens with two attached hydrogens (primary N) is 1. The SMILES string of the molecule is CC.NC(=O)c1ncccc1Cl. The van der Waals surface area contributed by atoms with Gasteiger partial charge < -0.3 is 5.73 Å². The van der Waals surface area contributed by atoms with Crippen LogP contribution in [0.25, 0.3) is 0 Å². The van der Waals surface area contributed by atoms with Gasteiger partial charge in [-0.15, -0.1) is 0 Å². The highest BCUT2D eigenvalue weighted by Crippen LogP contribution is 2.10. The topological polar surface area (TPSA) is 56.0 Å². The molecule has 1 heterocycles. The minimum absolute atomic E-state index is 0.115. The van der Waals surface area contributed by atoms with Gasteiger partial charge >= 0.3 is 0 Å². The Morgan fingerprint density at radius 1 is 1.58 bits per heavy atom. The largest absolute Gasteiger partial charge is 0.364 e. The van der Waals surface area contributed by atoms with Gasteiger partial charge in [-0.1, -0.05) is 25.4 Å². The Kier molecular flexibility index (Phi) is 5.04. The molecule has 0 bridgehead atoms. The normalized spacial score (nSPS) is 8.25. The molecule has 0 fully saturated rings. The predicted octanol–water partition coefficient (Wildman–Crippen LogP) is 1.86. The van der Waals surface area contributed by atoms with Crippen LogP contribution < -0.4 is 5.73 Å². The van der Waals surface area contributed by atoms with Gasteiger partial charge in [0.2, 0.25) is 0 Å². The monoisotopic (exact) mass is 186 g/mol. The van der Waals surface area contributed by atoms with Crippen LogP contribution in [0.15, 0.2) is 18.3 Å². The number of halogens is 1. The molecule has 1 aromatic heterocycles. The summed E-state index contributed by atoms with van der Waals surface area (Å²) in [4.78, 5) is 14.2. The summed E-state index contributed by atoms with van der Waals surface area (Å²) >= 11 is 5.56. The molecule has 0 saturated carbocycles. The highest BCUT2D eigenvalue weighted by Gasteiger charge is 2.04. The van der Waals surface area contributed by atoms with Crippen LogP contribution in [0.1, 0.15) is 24.3 Å². The first kappa shape index (κ1) is 10.9. The van der Waals surface area contributed by atoms with E-state index in [1.807, 2.05) is 13.8 Å². The van der Waals surface area contributed by atoms with E-state index in [4.69, 9.17) is 17.3 Å². The van der Waals surface area contributed by atoms with Gasteiger partial charge in [-0.2, -0.15) is 0 Å². The molecule has 1 aromatic rings. The van der Waals surface area contributed by atoms with Gasteiger partial charge in [0.25, 0.3) is 5.91 Å². The van der Waals surface area contributed by atoms with E-state index in [0.29, 0.717) is 0 Å². The van der Waals surface area contributed by atoms with Crippen LogP contribution in [0.2, 0.25) is 5.02 Å². The van der Waals surface area contributed by atoms with E-state index in [1.165, 1.54) is 6.20 Å². The molecule has 0 aliphatic rings. The molecule has 4 heteroatoms. The molecule has 0 aliphatic heterocycles. The molecule has 0 aromatic carbocycles. The lowest BCUT2D eigenvalue weighted by Crippen LogP contribution is -2.13. The summed E-state index contributed by atoms with van der Waals surface area (Å²) in [5.41, 5.74) is 5.04. The number of rotatable bonds is 1. The maximum atomic E-state index is 10.5. The van der Waals surface area contributed by atoms with E-state index < -0.39 is 5.91 Å². The van der Waals surface area contributed by atoms with Gasteiger partial charge in [0, 0.05) is 6.20 Å². The first-order valence-electron chi connectivity index (χ1n) is 3.62. The third-order valence-electron chi connectivity index (χ3n) is 0.992. The minimum Gasteiger partial charge on any atom is -0.364 e. The standard InChI is InChI=1S/C6H5ClN2O.C2H6/c7-4-2-1-3-9-5(4)6(8)10;1-2/h1-3H,(H2,8,10);1-2H3. The van der Waals surface area contributed by atoms with Gasteiger partial charge in [-0.25, -0.2) is 4.98 Å². The summed E-state index contributed by atoms with van der Waals surface area (Å²) in [6, 6.07) is 3.20. The smallest absolute Gasteiger partial charge is 0.268 e. The number of aromatic nitrogens is 1. The Balaban J connectivity index is 0.000000561. The lowest BCUT2D eigenvalue weighted by Gasteiger charge is -1.94. The van der Waals surface area contributed by atoms with Gasteiger partial charge in [0.1, 0.15) is 5.69 Å². The molecule has 3 nitrogen and oxygen atoms in total. The van der Waals surface area contributed by atoms with Gasteiger partial charge in [-0.05, 0) is 12.1 Å². The number of primary amides is 1. The summed E-state index contributed by atoms with van der Waals surface area (Å²) in [6.45, 7) is 4.00. The first-order valence-corrected chi connectivity index (χ1v) is 4.00. The van der Waals surface area contributed by atoms with Crippen molar-refractivity contribution in [3.63, 3.8) is 0 Å². The number of hydrogen-bond acceptors (Lipinski definition) is 2. The maximum Gasteiger partial charge on any atom is 0.268 e. The molecule has 12 heavy (non-hydrogen) atoms. The zero-order valence-electron chi connectivity index (χ0n) is 7.04. The van der Waals surface area contributed by atoms with Crippen LogP contribution in [0.3, 0.4) is 0 Å².